The monoisotopic (exact) mass is 796 g/mol. The fourth-order valence-corrected chi connectivity index (χ4v) is 7.36. The van der Waals surface area contributed by atoms with Crippen LogP contribution in [-0.4, -0.2) is 107 Å². The molecule has 2 aliphatic rings. The molecule has 4 N–H and O–H groups in total. The van der Waals surface area contributed by atoms with Gasteiger partial charge in [-0.2, -0.15) is 0 Å². The summed E-state index contributed by atoms with van der Waals surface area (Å²) in [5.41, 5.74) is 0.143. The molecule has 2 saturated carbocycles. The third-order valence-electron chi connectivity index (χ3n) is 9.47. The molecule has 4 unspecified atom stereocenters. The average molecular weight is 797 g/mol. The summed E-state index contributed by atoms with van der Waals surface area (Å²) in [5, 5.41) is 11.4. The van der Waals surface area contributed by atoms with Gasteiger partial charge in [-0.3, -0.25) is 4.79 Å². The zero-order chi connectivity index (χ0) is 41.7. The predicted octanol–water partition coefficient (Wildman–Crippen LogP) is 5.09. The van der Waals surface area contributed by atoms with Crippen molar-refractivity contribution in [2.75, 3.05) is 52.7 Å². The number of ketones is 1. The maximum Gasteiger partial charge on any atom is 0.407 e. The quantitative estimate of drug-likeness (QED) is 0.0391. The van der Waals surface area contributed by atoms with Gasteiger partial charge in [-0.25, -0.2) is 28.8 Å². The van der Waals surface area contributed by atoms with Crippen LogP contribution in [0.15, 0.2) is 12.2 Å². The molecular formula is C39H64N4O13. The number of alkyl carbamates (subject to hydrolysis) is 4. The van der Waals surface area contributed by atoms with Gasteiger partial charge < -0.3 is 49.7 Å². The first-order chi connectivity index (χ1) is 26.3. The average Bonchev–Trinajstić information content (AvgIpc) is 3.09. The zero-order valence-corrected chi connectivity index (χ0v) is 34.1. The zero-order valence-electron chi connectivity index (χ0n) is 34.1. The predicted molar refractivity (Wildman–Crippen MR) is 203 cm³/mol. The van der Waals surface area contributed by atoms with Gasteiger partial charge in [0.15, 0.2) is 0 Å². The van der Waals surface area contributed by atoms with Gasteiger partial charge in [0.1, 0.15) is 26.4 Å². The highest BCUT2D eigenvalue weighted by molar-refractivity contribution is 6.32. The number of carbonyl (C=O) groups is 7. The third-order valence-corrected chi connectivity index (χ3v) is 9.47. The van der Waals surface area contributed by atoms with Crippen LogP contribution in [0.4, 0.5) is 19.2 Å². The summed E-state index contributed by atoms with van der Waals surface area (Å²) in [5.74, 6) is -1.99. The third kappa shape index (κ3) is 20.9. The molecule has 4 amide bonds. The van der Waals surface area contributed by atoms with E-state index < -0.39 is 42.1 Å². The lowest BCUT2D eigenvalue weighted by Gasteiger charge is -2.40. The Bertz CT molecular complexity index is 1250. The van der Waals surface area contributed by atoms with Crippen LogP contribution in [0.3, 0.4) is 0 Å². The van der Waals surface area contributed by atoms with Crippen LogP contribution in [0, 0.1) is 22.7 Å². The summed E-state index contributed by atoms with van der Waals surface area (Å²) in [6.07, 6.45) is 5.27. The first-order valence-corrected chi connectivity index (χ1v) is 19.5. The second-order valence-corrected chi connectivity index (χ2v) is 16.4. The van der Waals surface area contributed by atoms with E-state index in [4.69, 9.17) is 23.7 Å². The molecule has 2 fully saturated rings. The lowest BCUT2D eigenvalue weighted by Crippen LogP contribution is -2.46. The molecular weight excluding hydrogens is 732 g/mol. The minimum absolute atomic E-state index is 0.0522. The van der Waals surface area contributed by atoms with Gasteiger partial charge in [0.25, 0.3) is 0 Å². The van der Waals surface area contributed by atoms with Crippen LogP contribution in [0.2, 0.25) is 0 Å². The molecule has 17 nitrogen and oxygen atoms in total. The van der Waals surface area contributed by atoms with Gasteiger partial charge >= 0.3 is 36.3 Å². The molecule has 2 aliphatic carbocycles. The molecule has 4 atom stereocenters. The van der Waals surface area contributed by atoms with Gasteiger partial charge in [0.05, 0.1) is 13.2 Å². The minimum Gasteiger partial charge on any atom is -0.459 e. The second kappa shape index (κ2) is 24.1. The Labute approximate surface area is 330 Å². The molecule has 0 bridgehead atoms. The van der Waals surface area contributed by atoms with E-state index in [2.05, 4.69) is 60.3 Å². The fraction of sp³-hybridized carbons (Fsp3) is 0.769. The number of nitrogens with one attached hydrogen (secondary N) is 4. The highest BCUT2D eigenvalue weighted by atomic mass is 16.6. The van der Waals surface area contributed by atoms with Crippen molar-refractivity contribution in [1.82, 2.24) is 21.3 Å². The van der Waals surface area contributed by atoms with Gasteiger partial charge in [0, 0.05) is 37.7 Å². The largest absolute Gasteiger partial charge is 0.459 e. The number of carbonyl (C=O) groups excluding carboxylic acids is 7. The maximum atomic E-state index is 12.3. The van der Waals surface area contributed by atoms with Crippen molar-refractivity contribution in [2.24, 2.45) is 22.7 Å². The Morgan fingerprint density at radius 3 is 1.29 bits per heavy atom. The lowest BCUT2D eigenvalue weighted by molar-refractivity contribution is -0.153. The molecule has 0 saturated heterocycles. The molecule has 0 heterocycles. The molecule has 318 valence electrons. The van der Waals surface area contributed by atoms with E-state index in [-0.39, 0.29) is 80.0 Å². The van der Waals surface area contributed by atoms with Gasteiger partial charge in [-0.15, -0.1) is 0 Å². The molecule has 0 aromatic carbocycles. The fourth-order valence-electron chi connectivity index (χ4n) is 7.36. The highest BCUT2D eigenvalue weighted by Gasteiger charge is 2.36. The first kappa shape index (κ1) is 47.6. The summed E-state index contributed by atoms with van der Waals surface area (Å²) in [4.78, 5) is 82.7. The summed E-state index contributed by atoms with van der Waals surface area (Å²) in [6, 6.07) is -0.292. The topological polar surface area (TPSA) is 223 Å². The van der Waals surface area contributed by atoms with E-state index in [1.807, 2.05) is 0 Å². The van der Waals surface area contributed by atoms with Gasteiger partial charge in [-0.05, 0) is 93.8 Å². The number of rotatable bonds is 21. The van der Waals surface area contributed by atoms with Crippen LogP contribution >= 0.6 is 0 Å². The van der Waals surface area contributed by atoms with Crippen LogP contribution < -0.4 is 21.3 Å². The Hall–Kier alpha value is -4.57. The Morgan fingerprint density at radius 1 is 0.518 bits per heavy atom. The van der Waals surface area contributed by atoms with E-state index in [1.54, 1.807) is 0 Å². The Morgan fingerprint density at radius 2 is 0.893 bits per heavy atom. The number of esters is 2. The van der Waals surface area contributed by atoms with Crippen molar-refractivity contribution in [3.8, 4) is 0 Å². The van der Waals surface area contributed by atoms with Crippen molar-refractivity contribution in [2.45, 2.75) is 118 Å². The van der Waals surface area contributed by atoms with E-state index in [0.717, 1.165) is 45.4 Å². The lowest BCUT2D eigenvalue weighted by atomic mass is 9.70. The number of amides is 4. The van der Waals surface area contributed by atoms with E-state index >= 15 is 0 Å². The molecule has 17 heteroatoms. The first-order valence-electron chi connectivity index (χ1n) is 19.5. The summed E-state index contributed by atoms with van der Waals surface area (Å²) < 4.78 is 30.5. The second-order valence-electron chi connectivity index (χ2n) is 16.4. The van der Waals surface area contributed by atoms with Crippen molar-refractivity contribution in [3.63, 3.8) is 0 Å². The normalized spacial score (nSPS) is 20.9. The molecule has 56 heavy (non-hydrogen) atoms. The summed E-state index contributed by atoms with van der Waals surface area (Å²) in [6.45, 7) is 15.4. The molecule has 0 spiro atoms. The smallest absolute Gasteiger partial charge is 0.407 e. The number of hydrogen-bond acceptors (Lipinski definition) is 13. The Balaban J connectivity index is 1.54. The maximum absolute atomic E-state index is 12.3. The number of unbranched alkanes of at least 4 members (excludes halogenated alkanes) is 3. The Kier molecular flexibility index (Phi) is 20.5. The number of ether oxygens (including phenoxy) is 6. The number of hydrogen-bond donors (Lipinski definition) is 4. The van der Waals surface area contributed by atoms with Crippen LogP contribution in [0.5, 0.6) is 0 Å². The molecule has 0 aromatic heterocycles. The van der Waals surface area contributed by atoms with Crippen molar-refractivity contribution in [1.29, 1.82) is 0 Å². The molecule has 2 rings (SSSR count). The SMILES string of the molecule is C=C(C)C(=O)OCCOC(=O)NC1CC(CNC(=O)OCCCCCCOC(=O)NCC2CC(NC(=O)OCCOC(=O)C(C)=O)CC(C)(C)C2)CC(C)(C)C1. The summed E-state index contributed by atoms with van der Waals surface area (Å²) in [7, 11) is 0. The van der Waals surface area contributed by atoms with E-state index in [1.165, 1.54) is 6.92 Å². The van der Waals surface area contributed by atoms with E-state index in [0.29, 0.717) is 38.8 Å². The molecule has 0 aromatic rings. The van der Waals surface area contributed by atoms with E-state index in [9.17, 15) is 33.6 Å². The van der Waals surface area contributed by atoms with Gasteiger partial charge in [-0.1, -0.05) is 34.3 Å². The molecule has 0 aliphatic heterocycles. The number of Topliss-reactive ketones (excluding diaryl/α,β-unsaturated/α-hetero) is 1. The van der Waals surface area contributed by atoms with Crippen LogP contribution in [-0.2, 0) is 42.8 Å². The van der Waals surface area contributed by atoms with Crippen molar-refractivity contribution >= 4 is 42.1 Å². The van der Waals surface area contributed by atoms with Gasteiger partial charge in [0.2, 0.25) is 5.78 Å². The highest BCUT2D eigenvalue weighted by Crippen LogP contribution is 2.39. The van der Waals surface area contributed by atoms with Crippen LogP contribution in [0.1, 0.15) is 106 Å². The molecule has 0 radical (unpaired) electrons. The standard InChI is InChI=1S/C39H64N4O13/c1-26(2)32(45)51-14-16-55-36(49)42-30-18-28(20-38(4,5)22-30)24-40-34(47)53-12-10-8-9-11-13-54-35(48)41-25-29-19-31(23-39(6,7)21-29)43-37(50)56-17-15-52-33(46)27(3)44/h28-31H,1,8-25H2,2-7H3,(H,40,47)(H,41,48)(H,42,49)(H,43,50). The minimum atomic E-state index is -0.980. The van der Waals surface area contributed by atoms with Crippen LogP contribution in [0.25, 0.3) is 0 Å². The van der Waals surface area contributed by atoms with Crippen molar-refractivity contribution in [3.05, 3.63) is 12.2 Å². The summed E-state index contributed by atoms with van der Waals surface area (Å²) >= 11 is 0. The van der Waals surface area contributed by atoms with Crippen molar-refractivity contribution < 1.29 is 62.0 Å².